The summed E-state index contributed by atoms with van der Waals surface area (Å²) in [6.07, 6.45) is 0.314. The van der Waals surface area contributed by atoms with Crippen LogP contribution in [0.5, 0.6) is 5.75 Å². The molecule has 0 fully saturated rings. The molecule has 0 aliphatic carbocycles. The molecule has 28 heavy (non-hydrogen) atoms. The maximum atomic E-state index is 12.9. The lowest BCUT2D eigenvalue weighted by molar-refractivity contribution is -0.116. The van der Waals surface area contributed by atoms with Gasteiger partial charge in [0.05, 0.1) is 9.88 Å². The molecule has 4 rings (SSSR count). The summed E-state index contributed by atoms with van der Waals surface area (Å²) in [6, 6.07) is 14.5. The molecule has 0 radical (unpaired) electrons. The van der Waals surface area contributed by atoms with Crippen molar-refractivity contribution < 1.29 is 14.7 Å². The highest BCUT2D eigenvalue weighted by atomic mass is 32.1. The topological polar surface area (TPSA) is 78.4 Å². The summed E-state index contributed by atoms with van der Waals surface area (Å²) in [5.74, 6) is -0.204. The van der Waals surface area contributed by atoms with Crippen molar-refractivity contribution in [1.82, 2.24) is 0 Å². The quantitative estimate of drug-likeness (QED) is 0.599. The van der Waals surface area contributed by atoms with Crippen molar-refractivity contribution in [1.29, 1.82) is 0 Å². The number of aryl methyl sites for hydroxylation is 1. The second-order valence-electron chi connectivity index (χ2n) is 7.02. The van der Waals surface area contributed by atoms with E-state index in [0.29, 0.717) is 11.3 Å². The van der Waals surface area contributed by atoms with E-state index >= 15 is 0 Å². The van der Waals surface area contributed by atoms with Gasteiger partial charge in [-0.25, -0.2) is 0 Å². The van der Waals surface area contributed by atoms with Gasteiger partial charge in [-0.2, -0.15) is 0 Å². The van der Waals surface area contributed by atoms with Gasteiger partial charge in [0.25, 0.3) is 5.91 Å². The lowest BCUT2D eigenvalue weighted by atomic mass is 9.85. The Morgan fingerprint density at radius 1 is 1.18 bits per heavy atom. The van der Waals surface area contributed by atoms with E-state index in [9.17, 15) is 14.7 Å². The normalized spacial score (nSPS) is 15.6. The van der Waals surface area contributed by atoms with Crippen LogP contribution < -0.4 is 10.6 Å². The Bertz CT molecular complexity index is 1070. The molecule has 1 aliphatic heterocycles. The van der Waals surface area contributed by atoms with Crippen LogP contribution in [0.15, 0.2) is 48.5 Å². The predicted octanol–water partition coefficient (Wildman–Crippen LogP) is 4.80. The molecule has 0 bridgehead atoms. The summed E-state index contributed by atoms with van der Waals surface area (Å²) < 4.78 is 0. The van der Waals surface area contributed by atoms with Crippen molar-refractivity contribution in [3.8, 4) is 5.75 Å². The zero-order chi connectivity index (χ0) is 19.8. The molecule has 0 saturated carbocycles. The van der Waals surface area contributed by atoms with E-state index in [1.54, 1.807) is 12.1 Å². The SMILES string of the molecule is Cc1cccc(NC(=O)c2sc3c(c2C)[C@@H](c2ccc(O)cc2)CC(=O)N3)c1. The summed E-state index contributed by atoms with van der Waals surface area (Å²) in [5.41, 5.74) is 4.61. The van der Waals surface area contributed by atoms with Gasteiger partial charge in [0.2, 0.25) is 5.91 Å². The van der Waals surface area contributed by atoms with Gasteiger partial charge >= 0.3 is 0 Å². The predicted molar refractivity (Wildman–Crippen MR) is 111 cm³/mol. The summed E-state index contributed by atoms with van der Waals surface area (Å²) in [7, 11) is 0. The highest BCUT2D eigenvalue weighted by Crippen LogP contribution is 2.45. The summed E-state index contributed by atoms with van der Waals surface area (Å²) >= 11 is 1.31. The summed E-state index contributed by atoms with van der Waals surface area (Å²) in [5, 5.41) is 16.1. The first-order valence-electron chi connectivity index (χ1n) is 9.02. The Kier molecular flexibility index (Phi) is 4.65. The van der Waals surface area contributed by atoms with E-state index in [2.05, 4.69) is 10.6 Å². The third-order valence-corrected chi connectivity index (χ3v) is 6.18. The molecule has 2 heterocycles. The fourth-order valence-electron chi connectivity index (χ4n) is 3.62. The zero-order valence-electron chi connectivity index (χ0n) is 15.6. The molecule has 1 aliphatic rings. The number of rotatable bonds is 3. The van der Waals surface area contributed by atoms with E-state index in [4.69, 9.17) is 0 Å². The largest absolute Gasteiger partial charge is 0.508 e. The highest BCUT2D eigenvalue weighted by Gasteiger charge is 2.32. The first-order valence-corrected chi connectivity index (χ1v) is 9.84. The van der Waals surface area contributed by atoms with Crippen molar-refractivity contribution in [2.75, 3.05) is 10.6 Å². The average Bonchev–Trinajstić information content (AvgIpc) is 2.98. The van der Waals surface area contributed by atoms with Gasteiger partial charge in [-0.3, -0.25) is 9.59 Å². The van der Waals surface area contributed by atoms with Crippen LogP contribution in [0.25, 0.3) is 0 Å². The Hall–Kier alpha value is -3.12. The molecule has 3 aromatic rings. The van der Waals surface area contributed by atoms with Crippen LogP contribution in [0.4, 0.5) is 10.7 Å². The third-order valence-electron chi connectivity index (χ3n) is 4.96. The number of thiophene rings is 1. The number of nitrogens with one attached hydrogen (secondary N) is 2. The number of carbonyl (C=O) groups excluding carboxylic acids is 2. The van der Waals surface area contributed by atoms with E-state index < -0.39 is 0 Å². The lowest BCUT2D eigenvalue weighted by Crippen LogP contribution is -2.22. The Balaban J connectivity index is 1.70. The molecule has 2 aromatic carbocycles. The maximum Gasteiger partial charge on any atom is 0.266 e. The smallest absolute Gasteiger partial charge is 0.266 e. The minimum absolute atomic E-state index is 0.0718. The van der Waals surface area contributed by atoms with Crippen LogP contribution >= 0.6 is 11.3 Å². The van der Waals surface area contributed by atoms with Gasteiger partial charge in [-0.05, 0) is 60.4 Å². The molecular formula is C22H20N2O3S. The Morgan fingerprint density at radius 3 is 2.64 bits per heavy atom. The molecule has 1 aromatic heterocycles. The van der Waals surface area contributed by atoms with Crippen molar-refractivity contribution in [2.24, 2.45) is 0 Å². The van der Waals surface area contributed by atoms with Crippen molar-refractivity contribution in [3.63, 3.8) is 0 Å². The number of aromatic hydroxyl groups is 1. The minimum atomic E-state index is -0.179. The van der Waals surface area contributed by atoms with E-state index in [0.717, 1.165) is 32.9 Å². The first kappa shape index (κ1) is 18.3. The van der Waals surface area contributed by atoms with Gasteiger partial charge in [0.15, 0.2) is 0 Å². The van der Waals surface area contributed by atoms with Crippen LogP contribution in [0.1, 0.15) is 44.3 Å². The average molecular weight is 392 g/mol. The molecule has 3 N–H and O–H groups in total. The van der Waals surface area contributed by atoms with E-state index in [1.165, 1.54) is 11.3 Å². The molecular weight excluding hydrogens is 372 g/mol. The van der Waals surface area contributed by atoms with Crippen LogP contribution in [-0.4, -0.2) is 16.9 Å². The number of hydrogen-bond donors (Lipinski definition) is 3. The van der Waals surface area contributed by atoms with E-state index in [-0.39, 0.29) is 23.5 Å². The van der Waals surface area contributed by atoms with Gasteiger partial charge < -0.3 is 15.7 Å². The van der Waals surface area contributed by atoms with Crippen molar-refractivity contribution in [2.45, 2.75) is 26.2 Å². The van der Waals surface area contributed by atoms with Crippen molar-refractivity contribution in [3.05, 3.63) is 75.7 Å². The van der Waals surface area contributed by atoms with Crippen LogP contribution in [-0.2, 0) is 4.79 Å². The van der Waals surface area contributed by atoms with Gasteiger partial charge in [-0.15, -0.1) is 11.3 Å². The second-order valence-corrected chi connectivity index (χ2v) is 8.04. The Morgan fingerprint density at radius 2 is 1.93 bits per heavy atom. The van der Waals surface area contributed by atoms with E-state index in [1.807, 2.05) is 50.2 Å². The minimum Gasteiger partial charge on any atom is -0.508 e. The molecule has 0 spiro atoms. The molecule has 5 nitrogen and oxygen atoms in total. The number of phenolic OH excluding ortho intramolecular Hbond substituents is 1. The fraction of sp³-hybridized carbons (Fsp3) is 0.182. The maximum absolute atomic E-state index is 12.9. The zero-order valence-corrected chi connectivity index (χ0v) is 16.4. The summed E-state index contributed by atoms with van der Waals surface area (Å²) in [4.78, 5) is 25.7. The monoisotopic (exact) mass is 392 g/mol. The van der Waals surface area contributed by atoms with Crippen LogP contribution in [0.3, 0.4) is 0 Å². The number of amides is 2. The lowest BCUT2D eigenvalue weighted by Gasteiger charge is -2.24. The first-order chi connectivity index (χ1) is 13.4. The molecule has 142 valence electrons. The molecule has 6 heteroatoms. The van der Waals surface area contributed by atoms with Crippen LogP contribution in [0.2, 0.25) is 0 Å². The second kappa shape index (κ2) is 7.13. The number of phenols is 1. The van der Waals surface area contributed by atoms with Crippen LogP contribution in [0, 0.1) is 13.8 Å². The standard InChI is InChI=1S/C22H20N2O3S/c1-12-4-3-5-15(10-12)23-21(27)20-13(2)19-17(11-18(26)24-22(19)28-20)14-6-8-16(25)9-7-14/h3-10,17,25H,11H2,1-2H3,(H,23,27)(H,24,26)/t17-/m1/s1. The number of benzene rings is 2. The third kappa shape index (κ3) is 3.39. The summed E-state index contributed by atoms with van der Waals surface area (Å²) in [6.45, 7) is 3.90. The molecule has 1 atom stereocenters. The Labute approximate surface area is 167 Å². The van der Waals surface area contributed by atoms with Gasteiger partial charge in [-0.1, -0.05) is 24.3 Å². The van der Waals surface area contributed by atoms with Gasteiger partial charge in [0, 0.05) is 18.0 Å². The number of fused-ring (bicyclic) bond motifs is 1. The van der Waals surface area contributed by atoms with Crippen molar-refractivity contribution >= 4 is 33.8 Å². The number of anilines is 2. The number of carbonyl (C=O) groups is 2. The molecule has 0 saturated heterocycles. The molecule has 0 unspecified atom stereocenters. The fourth-order valence-corrected chi connectivity index (χ4v) is 4.80. The van der Waals surface area contributed by atoms with Gasteiger partial charge in [0.1, 0.15) is 5.75 Å². The highest BCUT2D eigenvalue weighted by molar-refractivity contribution is 7.18. The molecule has 2 amide bonds. The number of hydrogen-bond acceptors (Lipinski definition) is 4.